The Kier molecular flexibility index (Phi) is 4.85. The van der Waals surface area contributed by atoms with Crippen molar-refractivity contribution in [2.75, 3.05) is 27.8 Å². The second-order valence-corrected chi connectivity index (χ2v) is 5.07. The number of nitrogens with zero attached hydrogens (tertiary/aromatic N) is 1. The van der Waals surface area contributed by atoms with Crippen LogP contribution in [0.25, 0.3) is 0 Å². The average Bonchev–Trinajstić information content (AvgIpc) is 2.44. The predicted molar refractivity (Wildman–Crippen MR) is 77.3 cm³/mol. The van der Waals surface area contributed by atoms with Gasteiger partial charge in [-0.1, -0.05) is 0 Å². The van der Waals surface area contributed by atoms with Crippen LogP contribution in [-0.2, 0) is 0 Å². The molecule has 0 radical (unpaired) electrons. The van der Waals surface area contributed by atoms with Crippen molar-refractivity contribution in [1.29, 1.82) is 0 Å². The topological polar surface area (TPSA) is 82.9 Å². The van der Waals surface area contributed by atoms with E-state index in [2.05, 4.69) is 5.32 Å². The van der Waals surface area contributed by atoms with Gasteiger partial charge in [0.1, 0.15) is 0 Å². The second kappa shape index (κ2) is 6.62. The van der Waals surface area contributed by atoms with E-state index in [4.69, 9.17) is 14.2 Å². The third-order valence-electron chi connectivity index (χ3n) is 3.64. The van der Waals surface area contributed by atoms with Crippen molar-refractivity contribution < 1.29 is 19.1 Å². The van der Waals surface area contributed by atoms with Crippen LogP contribution in [0.4, 0.5) is 5.69 Å². The molecule has 1 fully saturated rings. The lowest BCUT2D eigenvalue weighted by Crippen LogP contribution is -2.38. The number of hydrogen-bond donors (Lipinski definition) is 1. The van der Waals surface area contributed by atoms with Crippen LogP contribution in [0.3, 0.4) is 0 Å². The number of nitro benzene ring substituents is 1. The van der Waals surface area contributed by atoms with Crippen LogP contribution in [0, 0.1) is 16.0 Å². The Labute approximate surface area is 123 Å². The molecule has 2 rings (SSSR count). The number of hydrogen-bond acceptors (Lipinski definition) is 6. The molecule has 7 nitrogen and oxygen atoms in total. The molecular formula is C14H20N2O5. The molecule has 1 saturated carbocycles. The van der Waals surface area contributed by atoms with E-state index in [0.29, 0.717) is 17.4 Å². The van der Waals surface area contributed by atoms with Crippen LogP contribution < -0.4 is 19.5 Å². The molecule has 0 unspecified atom stereocenters. The van der Waals surface area contributed by atoms with Gasteiger partial charge < -0.3 is 19.5 Å². The van der Waals surface area contributed by atoms with Crippen molar-refractivity contribution in [2.24, 2.45) is 5.92 Å². The maximum absolute atomic E-state index is 11.2. The molecule has 0 aliphatic heterocycles. The first kappa shape index (κ1) is 15.4. The molecule has 116 valence electrons. The smallest absolute Gasteiger partial charge is 0.314 e. The van der Waals surface area contributed by atoms with E-state index in [1.165, 1.54) is 26.4 Å². The predicted octanol–water partition coefficient (Wildman–Crippen LogP) is 1.99. The van der Waals surface area contributed by atoms with Crippen molar-refractivity contribution >= 4 is 5.69 Å². The zero-order valence-corrected chi connectivity index (χ0v) is 12.4. The van der Waals surface area contributed by atoms with Crippen molar-refractivity contribution in [3.63, 3.8) is 0 Å². The molecule has 0 atom stereocenters. The number of methoxy groups -OCH3 is 2. The fraction of sp³-hybridized carbons (Fsp3) is 0.571. The molecule has 1 aromatic rings. The highest BCUT2D eigenvalue weighted by atomic mass is 16.6. The van der Waals surface area contributed by atoms with Gasteiger partial charge >= 0.3 is 5.69 Å². The van der Waals surface area contributed by atoms with Crippen LogP contribution in [0.5, 0.6) is 17.2 Å². The zero-order valence-electron chi connectivity index (χ0n) is 12.4. The van der Waals surface area contributed by atoms with E-state index >= 15 is 0 Å². The van der Waals surface area contributed by atoms with Crippen molar-refractivity contribution in [1.82, 2.24) is 5.32 Å². The molecule has 0 saturated heterocycles. The highest BCUT2D eigenvalue weighted by Gasteiger charge is 2.32. The lowest BCUT2D eigenvalue weighted by atomic mass is 9.82. The Morgan fingerprint density at radius 3 is 2.38 bits per heavy atom. The number of nitrogens with one attached hydrogen (secondary N) is 1. The van der Waals surface area contributed by atoms with E-state index in [0.717, 1.165) is 19.4 Å². The normalized spacial score (nSPS) is 20.5. The van der Waals surface area contributed by atoms with Crippen LogP contribution in [0.1, 0.15) is 12.8 Å². The van der Waals surface area contributed by atoms with E-state index in [-0.39, 0.29) is 17.5 Å². The molecule has 21 heavy (non-hydrogen) atoms. The summed E-state index contributed by atoms with van der Waals surface area (Å²) >= 11 is 0. The number of benzene rings is 1. The van der Waals surface area contributed by atoms with Gasteiger partial charge in [0.2, 0.25) is 5.75 Å². The van der Waals surface area contributed by atoms with Crippen LogP contribution >= 0.6 is 0 Å². The maximum Gasteiger partial charge on any atom is 0.314 e. The summed E-state index contributed by atoms with van der Waals surface area (Å²) in [6.45, 7) is 0.938. The van der Waals surface area contributed by atoms with Gasteiger partial charge in [0, 0.05) is 6.07 Å². The lowest BCUT2D eigenvalue weighted by Gasteiger charge is -2.35. The van der Waals surface area contributed by atoms with Crippen molar-refractivity contribution in [3.8, 4) is 17.2 Å². The molecule has 1 N–H and O–H groups in total. The molecule has 1 aromatic carbocycles. The minimum atomic E-state index is -0.471. The Hall–Kier alpha value is -2.02. The van der Waals surface area contributed by atoms with Crippen LogP contribution in [0.2, 0.25) is 0 Å². The molecule has 0 amide bonds. The van der Waals surface area contributed by atoms with Crippen LogP contribution in [-0.4, -0.2) is 38.8 Å². The third-order valence-corrected chi connectivity index (χ3v) is 3.64. The van der Waals surface area contributed by atoms with E-state index in [1.807, 2.05) is 7.05 Å². The van der Waals surface area contributed by atoms with Crippen molar-refractivity contribution in [2.45, 2.75) is 18.9 Å². The summed E-state index contributed by atoms with van der Waals surface area (Å²) in [4.78, 5) is 10.7. The van der Waals surface area contributed by atoms with Gasteiger partial charge in [0.15, 0.2) is 11.5 Å². The van der Waals surface area contributed by atoms with Gasteiger partial charge in [-0.05, 0) is 32.4 Å². The van der Waals surface area contributed by atoms with Gasteiger partial charge in [-0.25, -0.2) is 0 Å². The van der Waals surface area contributed by atoms with Crippen LogP contribution in [0.15, 0.2) is 12.1 Å². The summed E-state index contributed by atoms with van der Waals surface area (Å²) in [7, 11) is 4.84. The molecule has 0 spiro atoms. The standard InChI is InChI=1S/C14H20N2O5/c1-15-8-9-4-10(5-9)21-12-7-14(20-3)13(19-2)6-11(12)16(17)18/h6-7,9-10,15H,4-5,8H2,1-3H3. The lowest BCUT2D eigenvalue weighted by molar-refractivity contribution is -0.386. The second-order valence-electron chi connectivity index (χ2n) is 5.07. The van der Waals surface area contributed by atoms with Gasteiger partial charge in [0.25, 0.3) is 0 Å². The largest absolute Gasteiger partial charge is 0.493 e. The fourth-order valence-electron chi connectivity index (χ4n) is 2.49. The average molecular weight is 296 g/mol. The van der Waals surface area contributed by atoms with Crippen molar-refractivity contribution in [3.05, 3.63) is 22.2 Å². The summed E-state index contributed by atoms with van der Waals surface area (Å²) in [5, 5.41) is 14.3. The summed E-state index contributed by atoms with van der Waals surface area (Å²) in [5.74, 6) is 1.53. The minimum absolute atomic E-state index is 0.0140. The first-order chi connectivity index (χ1) is 10.1. The Morgan fingerprint density at radius 2 is 1.86 bits per heavy atom. The molecular weight excluding hydrogens is 276 g/mol. The fourth-order valence-corrected chi connectivity index (χ4v) is 2.49. The SMILES string of the molecule is CNCC1CC(Oc2cc(OC)c(OC)cc2[N+](=O)[O-])C1. The Morgan fingerprint density at radius 1 is 1.24 bits per heavy atom. The summed E-state index contributed by atoms with van der Waals surface area (Å²) in [5.41, 5.74) is -0.107. The molecule has 0 heterocycles. The van der Waals surface area contributed by atoms with E-state index in [9.17, 15) is 10.1 Å². The monoisotopic (exact) mass is 296 g/mol. The molecule has 1 aliphatic carbocycles. The quantitative estimate of drug-likeness (QED) is 0.612. The van der Waals surface area contributed by atoms with Gasteiger partial charge in [-0.3, -0.25) is 10.1 Å². The molecule has 0 bridgehead atoms. The molecule has 0 aromatic heterocycles. The first-order valence-electron chi connectivity index (χ1n) is 6.80. The number of nitro groups is 1. The van der Waals surface area contributed by atoms with Gasteiger partial charge in [-0.2, -0.15) is 0 Å². The summed E-state index contributed by atoms with van der Waals surface area (Å²) in [6.07, 6.45) is 1.80. The first-order valence-corrected chi connectivity index (χ1v) is 6.80. The number of ether oxygens (including phenoxy) is 3. The zero-order chi connectivity index (χ0) is 15.4. The Bertz CT molecular complexity index is 514. The maximum atomic E-state index is 11.2. The highest BCUT2D eigenvalue weighted by molar-refractivity contribution is 5.58. The highest BCUT2D eigenvalue weighted by Crippen LogP contribution is 2.41. The Balaban J connectivity index is 2.16. The third kappa shape index (κ3) is 3.36. The minimum Gasteiger partial charge on any atom is -0.493 e. The molecule has 7 heteroatoms. The van der Waals surface area contributed by atoms with Gasteiger partial charge in [0.05, 0.1) is 31.3 Å². The van der Waals surface area contributed by atoms with E-state index in [1.54, 1.807) is 0 Å². The molecule has 1 aliphatic rings. The van der Waals surface area contributed by atoms with Gasteiger partial charge in [-0.15, -0.1) is 0 Å². The summed E-state index contributed by atoms with van der Waals surface area (Å²) in [6, 6.07) is 2.85. The van der Waals surface area contributed by atoms with E-state index < -0.39 is 4.92 Å². The summed E-state index contributed by atoms with van der Waals surface area (Å²) < 4.78 is 16.0. The number of rotatable bonds is 7.